The van der Waals surface area contributed by atoms with Crippen LogP contribution in [0.25, 0.3) is 0 Å². The number of hydrogen-bond acceptors (Lipinski definition) is 7. The van der Waals surface area contributed by atoms with E-state index in [0.29, 0.717) is 11.5 Å². The third-order valence-corrected chi connectivity index (χ3v) is 7.36. The molecule has 3 aromatic carbocycles. The average Bonchev–Trinajstić information content (AvgIpc) is 2.89. The molecule has 0 bridgehead atoms. The van der Waals surface area contributed by atoms with Gasteiger partial charge in [-0.05, 0) is 48.5 Å². The fourth-order valence-electron chi connectivity index (χ4n) is 3.10. The van der Waals surface area contributed by atoms with E-state index in [2.05, 4.69) is 17.2 Å². The van der Waals surface area contributed by atoms with Crippen molar-refractivity contribution in [1.82, 2.24) is 0 Å². The van der Waals surface area contributed by atoms with E-state index in [1.165, 1.54) is 43.5 Å². The minimum absolute atomic E-state index is 0.0890. The number of nitrogens with two attached hydrogens (primary N) is 1. The summed E-state index contributed by atoms with van der Waals surface area (Å²) in [5, 5.41) is 12.3. The van der Waals surface area contributed by atoms with Crippen LogP contribution in [0.2, 0.25) is 0 Å². The summed E-state index contributed by atoms with van der Waals surface area (Å²) >= 11 is 0. The van der Waals surface area contributed by atoms with E-state index in [1.54, 1.807) is 36.4 Å². The zero-order valence-electron chi connectivity index (χ0n) is 19.3. The smallest absolute Gasteiger partial charge is 0.340 e. The van der Waals surface area contributed by atoms with Gasteiger partial charge in [-0.2, -0.15) is 0 Å². The largest absolute Gasteiger partial charge is 0.497 e. The molecular formula is C26H24N2O7S. The molecule has 10 heteroatoms. The van der Waals surface area contributed by atoms with Gasteiger partial charge in [0.15, 0.2) is 0 Å². The Labute approximate surface area is 208 Å². The highest BCUT2D eigenvalue weighted by molar-refractivity contribution is 7.93. The second-order valence-corrected chi connectivity index (χ2v) is 9.68. The Bertz CT molecular complexity index is 1400. The van der Waals surface area contributed by atoms with E-state index in [4.69, 9.17) is 15.2 Å². The number of methoxy groups -OCH3 is 1. The van der Waals surface area contributed by atoms with E-state index in [1.807, 2.05) is 6.07 Å². The summed E-state index contributed by atoms with van der Waals surface area (Å²) in [5.74, 6) is 3.79. The van der Waals surface area contributed by atoms with E-state index < -0.39 is 37.9 Å². The Kier molecular flexibility index (Phi) is 8.32. The van der Waals surface area contributed by atoms with Crippen molar-refractivity contribution >= 4 is 27.4 Å². The van der Waals surface area contributed by atoms with E-state index >= 15 is 0 Å². The molecular weight excluding hydrogens is 484 g/mol. The number of carboxylic acid groups (broad SMARTS) is 1. The number of carboxylic acids is 1. The lowest BCUT2D eigenvalue weighted by atomic mass is 10.2. The molecule has 0 aliphatic heterocycles. The number of rotatable bonds is 9. The van der Waals surface area contributed by atoms with E-state index in [0.717, 1.165) is 0 Å². The summed E-state index contributed by atoms with van der Waals surface area (Å²) < 4.78 is 37.3. The number of sulfone groups is 1. The van der Waals surface area contributed by atoms with Gasteiger partial charge >= 0.3 is 5.97 Å². The van der Waals surface area contributed by atoms with Gasteiger partial charge in [-0.3, -0.25) is 4.79 Å². The maximum absolute atomic E-state index is 13.4. The van der Waals surface area contributed by atoms with Crippen LogP contribution in [0.5, 0.6) is 11.5 Å². The third-order valence-electron chi connectivity index (χ3n) is 5.15. The number of para-hydroxylation sites is 2. The van der Waals surface area contributed by atoms with Gasteiger partial charge in [0, 0.05) is 5.56 Å². The van der Waals surface area contributed by atoms with Crippen LogP contribution in [-0.4, -0.2) is 44.0 Å². The van der Waals surface area contributed by atoms with Crippen molar-refractivity contribution in [3.8, 4) is 23.3 Å². The molecule has 0 heterocycles. The lowest BCUT2D eigenvalue weighted by Gasteiger charge is -2.24. The highest BCUT2D eigenvalue weighted by Crippen LogP contribution is 2.31. The van der Waals surface area contributed by atoms with Gasteiger partial charge in [-0.1, -0.05) is 42.2 Å². The van der Waals surface area contributed by atoms with Gasteiger partial charge in [-0.15, -0.1) is 0 Å². The number of carbonyl (C=O) groups excluding carboxylic acids is 1. The molecule has 0 aliphatic rings. The Hall–Kier alpha value is -4.33. The Morgan fingerprint density at radius 2 is 1.58 bits per heavy atom. The lowest BCUT2D eigenvalue weighted by Crippen LogP contribution is -2.54. The number of ether oxygens (including phenoxy) is 2. The number of nitrogens with one attached hydrogen (secondary N) is 1. The molecule has 1 amide bonds. The summed E-state index contributed by atoms with van der Waals surface area (Å²) in [4.78, 5) is 21.5. The fourth-order valence-corrected chi connectivity index (χ4v) is 4.65. The van der Waals surface area contributed by atoms with Crippen molar-refractivity contribution in [2.45, 2.75) is 16.2 Å². The van der Waals surface area contributed by atoms with E-state index in [9.17, 15) is 23.1 Å². The highest BCUT2D eigenvalue weighted by Gasteiger charge is 2.49. The molecule has 186 valence electrons. The first kappa shape index (κ1) is 26.3. The Morgan fingerprint density at radius 3 is 2.22 bits per heavy atom. The van der Waals surface area contributed by atoms with Crippen molar-refractivity contribution in [1.29, 1.82) is 0 Å². The summed E-state index contributed by atoms with van der Waals surface area (Å²) in [6, 6.07) is 20.4. The van der Waals surface area contributed by atoms with Crippen LogP contribution in [0.4, 0.5) is 5.69 Å². The SMILES string of the molecule is COc1ccc(C(=O)Nc2ccccc2S(=O)(=O)C(N)(CC#CCOc2ccccc2)C(=O)O)cc1. The molecule has 3 rings (SSSR count). The van der Waals surface area contributed by atoms with Gasteiger partial charge in [0.2, 0.25) is 14.7 Å². The molecule has 0 fully saturated rings. The minimum atomic E-state index is -4.71. The van der Waals surface area contributed by atoms with Gasteiger partial charge < -0.3 is 25.6 Å². The van der Waals surface area contributed by atoms with Gasteiger partial charge in [0.25, 0.3) is 5.91 Å². The number of hydrogen-bond donors (Lipinski definition) is 3. The fraction of sp³-hybridized carbons (Fsp3) is 0.154. The second kappa shape index (κ2) is 11.4. The molecule has 3 aromatic rings. The van der Waals surface area contributed by atoms with Gasteiger partial charge in [0.1, 0.15) is 18.1 Å². The molecule has 4 N–H and O–H groups in total. The number of benzene rings is 3. The summed E-state index contributed by atoms with van der Waals surface area (Å²) in [5.41, 5.74) is 6.05. The standard InChI is InChI=1S/C26H24N2O7S/c1-34-20-15-13-19(14-16-20)24(29)28-22-11-5-6-12-23(22)36(32,33)26(27,25(30)31)17-7-8-18-35-21-9-3-2-4-10-21/h2-6,9-16H,17-18,27H2,1H3,(H,28,29)(H,30,31). The summed E-state index contributed by atoms with van der Waals surface area (Å²) in [7, 11) is -3.22. The Morgan fingerprint density at radius 1 is 0.944 bits per heavy atom. The molecule has 9 nitrogen and oxygen atoms in total. The maximum atomic E-state index is 13.4. The monoisotopic (exact) mass is 508 g/mol. The zero-order valence-corrected chi connectivity index (χ0v) is 20.1. The molecule has 0 saturated carbocycles. The van der Waals surface area contributed by atoms with Crippen LogP contribution in [0.15, 0.2) is 83.8 Å². The van der Waals surface area contributed by atoms with Crippen molar-refractivity contribution < 1.29 is 32.6 Å². The normalized spacial score (nSPS) is 12.4. The van der Waals surface area contributed by atoms with Crippen molar-refractivity contribution in [2.24, 2.45) is 5.73 Å². The molecule has 0 aliphatic carbocycles. The Balaban J connectivity index is 1.83. The average molecular weight is 509 g/mol. The van der Waals surface area contributed by atoms with Gasteiger partial charge in [-0.25, -0.2) is 13.2 Å². The predicted molar refractivity (Wildman–Crippen MR) is 133 cm³/mol. The first-order valence-corrected chi connectivity index (χ1v) is 12.1. The van der Waals surface area contributed by atoms with Crippen LogP contribution in [0.1, 0.15) is 16.8 Å². The zero-order chi connectivity index (χ0) is 26.2. The van der Waals surface area contributed by atoms with Crippen LogP contribution < -0.4 is 20.5 Å². The minimum Gasteiger partial charge on any atom is -0.497 e. The third kappa shape index (κ3) is 5.83. The first-order chi connectivity index (χ1) is 17.2. The molecule has 36 heavy (non-hydrogen) atoms. The number of anilines is 1. The predicted octanol–water partition coefficient (Wildman–Crippen LogP) is 2.93. The second-order valence-electron chi connectivity index (χ2n) is 7.51. The molecule has 0 spiro atoms. The quantitative estimate of drug-likeness (QED) is 0.374. The van der Waals surface area contributed by atoms with Crippen LogP contribution in [0, 0.1) is 11.8 Å². The van der Waals surface area contributed by atoms with Gasteiger partial charge in [0.05, 0.1) is 24.1 Å². The summed E-state index contributed by atoms with van der Waals surface area (Å²) in [6.45, 7) is -0.0890. The van der Waals surface area contributed by atoms with Crippen molar-refractivity contribution in [3.63, 3.8) is 0 Å². The maximum Gasteiger partial charge on any atom is 0.340 e. The van der Waals surface area contributed by atoms with Crippen molar-refractivity contribution in [3.05, 3.63) is 84.4 Å². The number of amides is 1. The van der Waals surface area contributed by atoms with Crippen LogP contribution in [0.3, 0.4) is 0 Å². The van der Waals surface area contributed by atoms with E-state index in [-0.39, 0.29) is 17.9 Å². The molecule has 1 atom stereocenters. The molecule has 0 aromatic heterocycles. The topological polar surface area (TPSA) is 145 Å². The molecule has 0 radical (unpaired) electrons. The van der Waals surface area contributed by atoms with Crippen LogP contribution in [-0.2, 0) is 14.6 Å². The molecule has 1 unspecified atom stereocenters. The van der Waals surface area contributed by atoms with Crippen LogP contribution >= 0.6 is 0 Å². The van der Waals surface area contributed by atoms with Crippen molar-refractivity contribution in [2.75, 3.05) is 19.0 Å². The molecule has 0 saturated heterocycles. The number of aliphatic carboxylic acids is 1. The lowest BCUT2D eigenvalue weighted by molar-refractivity contribution is -0.139. The first-order valence-electron chi connectivity index (χ1n) is 10.6. The number of carbonyl (C=O) groups is 2. The summed E-state index contributed by atoms with van der Waals surface area (Å²) in [6.07, 6.45) is -0.705. The highest BCUT2D eigenvalue weighted by atomic mass is 32.2.